The van der Waals surface area contributed by atoms with Crippen molar-refractivity contribution >= 4 is 5.97 Å². The van der Waals surface area contributed by atoms with E-state index in [1.165, 1.54) is 5.56 Å². The Balaban J connectivity index is 2.87. The van der Waals surface area contributed by atoms with Gasteiger partial charge in [-0.2, -0.15) is 0 Å². The van der Waals surface area contributed by atoms with Crippen molar-refractivity contribution in [2.75, 3.05) is 0 Å². The summed E-state index contributed by atoms with van der Waals surface area (Å²) in [7, 11) is 0. The third-order valence-corrected chi connectivity index (χ3v) is 3.74. The molecule has 0 saturated carbocycles. The summed E-state index contributed by atoms with van der Waals surface area (Å²) in [5.74, 6) is -0.911. The van der Waals surface area contributed by atoms with Crippen LogP contribution in [0.1, 0.15) is 58.1 Å². The number of unbranched alkanes of at least 4 members (excludes halogenated alkanes) is 1. The molecule has 1 atom stereocenters. The zero-order chi connectivity index (χ0) is 15.4. The fourth-order valence-corrected chi connectivity index (χ4v) is 2.25. The lowest BCUT2D eigenvalue weighted by Gasteiger charge is -2.25. The van der Waals surface area contributed by atoms with Gasteiger partial charge in [0.25, 0.3) is 0 Å². The molecular weight excluding hydrogens is 250 g/mol. The van der Waals surface area contributed by atoms with Gasteiger partial charge in [-0.15, -0.1) is 0 Å². The van der Waals surface area contributed by atoms with E-state index in [1.807, 2.05) is 19.1 Å². The van der Waals surface area contributed by atoms with E-state index < -0.39 is 11.5 Å². The summed E-state index contributed by atoms with van der Waals surface area (Å²) in [5.41, 5.74) is 7.26. The summed E-state index contributed by atoms with van der Waals surface area (Å²) in [6.07, 6.45) is 2.69. The van der Waals surface area contributed by atoms with Crippen LogP contribution < -0.4 is 5.73 Å². The first-order valence-corrected chi connectivity index (χ1v) is 7.31. The first kappa shape index (κ1) is 16.7. The fraction of sp³-hybridized carbons (Fsp3) is 0.588. The Hall–Kier alpha value is -1.35. The summed E-state index contributed by atoms with van der Waals surface area (Å²) in [4.78, 5) is 11.4. The van der Waals surface area contributed by atoms with Crippen LogP contribution in [-0.4, -0.2) is 16.6 Å². The van der Waals surface area contributed by atoms with Crippen LogP contribution in [0.25, 0.3) is 0 Å². The van der Waals surface area contributed by atoms with Gasteiger partial charge in [0.1, 0.15) is 5.54 Å². The molecule has 0 aliphatic carbocycles. The summed E-state index contributed by atoms with van der Waals surface area (Å²) in [5, 5.41) is 9.38. The highest BCUT2D eigenvalue weighted by Gasteiger charge is 2.33. The van der Waals surface area contributed by atoms with E-state index in [1.54, 1.807) is 0 Å². The molecule has 0 bridgehead atoms. The Morgan fingerprint density at radius 2 is 1.75 bits per heavy atom. The number of hydrogen-bond donors (Lipinski definition) is 2. The van der Waals surface area contributed by atoms with Gasteiger partial charge in [-0.1, -0.05) is 64.8 Å². The molecule has 0 unspecified atom stereocenters. The Labute approximate surface area is 122 Å². The maximum atomic E-state index is 11.4. The molecule has 3 heteroatoms. The molecule has 0 aromatic heterocycles. The predicted octanol–water partition coefficient (Wildman–Crippen LogP) is 3.50. The van der Waals surface area contributed by atoms with E-state index >= 15 is 0 Å². The highest BCUT2D eigenvalue weighted by atomic mass is 16.4. The minimum atomic E-state index is -1.15. The maximum Gasteiger partial charge on any atom is 0.324 e. The smallest absolute Gasteiger partial charge is 0.324 e. The van der Waals surface area contributed by atoms with Crippen LogP contribution in [0.3, 0.4) is 0 Å². The lowest BCUT2D eigenvalue weighted by molar-refractivity contribution is -0.143. The molecule has 112 valence electrons. The largest absolute Gasteiger partial charge is 0.480 e. The van der Waals surface area contributed by atoms with Gasteiger partial charge < -0.3 is 10.8 Å². The van der Waals surface area contributed by atoms with Crippen molar-refractivity contribution < 1.29 is 9.90 Å². The summed E-state index contributed by atoms with van der Waals surface area (Å²) in [6.45, 7) is 8.52. The topological polar surface area (TPSA) is 63.3 Å². The second-order valence-electron chi connectivity index (χ2n) is 6.69. The monoisotopic (exact) mass is 277 g/mol. The van der Waals surface area contributed by atoms with Gasteiger partial charge in [-0.25, -0.2) is 0 Å². The van der Waals surface area contributed by atoms with Gasteiger partial charge >= 0.3 is 5.97 Å². The fourth-order valence-electron chi connectivity index (χ4n) is 2.25. The van der Waals surface area contributed by atoms with Crippen LogP contribution >= 0.6 is 0 Å². The molecule has 3 nitrogen and oxygen atoms in total. The first-order chi connectivity index (χ1) is 9.19. The standard InChI is InChI=1S/C17H27NO2/c1-5-6-11-17(18,15(19)20)12-13-7-9-14(10-8-13)16(2,3)4/h7-10H,5-6,11-12,18H2,1-4H3,(H,19,20)/t17-/m1/s1. The van der Waals surface area contributed by atoms with Gasteiger partial charge in [-0.3, -0.25) is 4.79 Å². The van der Waals surface area contributed by atoms with Crippen molar-refractivity contribution in [1.29, 1.82) is 0 Å². The quantitative estimate of drug-likeness (QED) is 0.836. The van der Waals surface area contributed by atoms with E-state index in [4.69, 9.17) is 5.73 Å². The van der Waals surface area contributed by atoms with Crippen LogP contribution in [0.2, 0.25) is 0 Å². The molecule has 1 rings (SSSR count). The second kappa shape index (κ2) is 6.40. The second-order valence-corrected chi connectivity index (χ2v) is 6.69. The first-order valence-electron chi connectivity index (χ1n) is 7.31. The minimum absolute atomic E-state index is 0.105. The molecule has 0 aliphatic rings. The number of benzene rings is 1. The SMILES string of the molecule is CCCC[C@@](N)(Cc1ccc(C(C)(C)C)cc1)C(=O)O. The molecule has 0 spiro atoms. The Bertz CT molecular complexity index is 445. The number of carbonyl (C=O) groups is 1. The van der Waals surface area contributed by atoms with Crippen molar-refractivity contribution in [3.63, 3.8) is 0 Å². The third kappa shape index (κ3) is 4.34. The van der Waals surface area contributed by atoms with Crippen LogP contribution in [0.5, 0.6) is 0 Å². The maximum absolute atomic E-state index is 11.4. The number of carboxylic acid groups (broad SMARTS) is 1. The van der Waals surface area contributed by atoms with Crippen LogP contribution in [0.15, 0.2) is 24.3 Å². The molecule has 3 N–H and O–H groups in total. The minimum Gasteiger partial charge on any atom is -0.480 e. The van der Waals surface area contributed by atoms with E-state index in [9.17, 15) is 9.90 Å². The van der Waals surface area contributed by atoms with E-state index in [-0.39, 0.29) is 5.41 Å². The van der Waals surface area contributed by atoms with Crippen molar-refractivity contribution in [2.24, 2.45) is 5.73 Å². The zero-order valence-corrected chi connectivity index (χ0v) is 13.1. The predicted molar refractivity (Wildman–Crippen MR) is 82.9 cm³/mol. The van der Waals surface area contributed by atoms with E-state index in [0.29, 0.717) is 12.8 Å². The molecule has 0 saturated heterocycles. The van der Waals surface area contributed by atoms with Gasteiger partial charge in [0, 0.05) is 6.42 Å². The lowest BCUT2D eigenvalue weighted by Crippen LogP contribution is -2.49. The highest BCUT2D eigenvalue weighted by Crippen LogP contribution is 2.24. The van der Waals surface area contributed by atoms with Gasteiger partial charge in [0.15, 0.2) is 0 Å². The zero-order valence-electron chi connectivity index (χ0n) is 13.1. The molecule has 0 aliphatic heterocycles. The molecule has 0 amide bonds. The number of rotatable bonds is 6. The van der Waals surface area contributed by atoms with Crippen LogP contribution in [0.4, 0.5) is 0 Å². The van der Waals surface area contributed by atoms with Crippen molar-refractivity contribution in [3.05, 3.63) is 35.4 Å². The molecule has 0 radical (unpaired) electrons. The molecule has 1 aromatic carbocycles. The van der Waals surface area contributed by atoms with Crippen molar-refractivity contribution in [3.8, 4) is 0 Å². The number of nitrogens with two attached hydrogens (primary N) is 1. The number of carboxylic acids is 1. The van der Waals surface area contributed by atoms with Crippen molar-refractivity contribution in [2.45, 2.75) is 64.3 Å². The normalized spacial score (nSPS) is 14.8. The van der Waals surface area contributed by atoms with E-state index in [0.717, 1.165) is 18.4 Å². The average molecular weight is 277 g/mol. The van der Waals surface area contributed by atoms with Crippen LogP contribution in [-0.2, 0) is 16.6 Å². The van der Waals surface area contributed by atoms with Crippen molar-refractivity contribution in [1.82, 2.24) is 0 Å². The van der Waals surface area contributed by atoms with E-state index in [2.05, 4.69) is 32.9 Å². The summed E-state index contributed by atoms with van der Waals surface area (Å²) >= 11 is 0. The summed E-state index contributed by atoms with van der Waals surface area (Å²) in [6, 6.07) is 8.13. The van der Waals surface area contributed by atoms with Crippen LogP contribution in [0, 0.1) is 0 Å². The molecule has 0 heterocycles. The van der Waals surface area contributed by atoms with Gasteiger partial charge in [-0.05, 0) is 23.0 Å². The summed E-state index contributed by atoms with van der Waals surface area (Å²) < 4.78 is 0. The highest BCUT2D eigenvalue weighted by molar-refractivity contribution is 5.78. The molecular formula is C17H27NO2. The average Bonchev–Trinajstić information content (AvgIpc) is 2.35. The molecule has 1 aromatic rings. The Morgan fingerprint density at radius 3 is 2.15 bits per heavy atom. The number of aliphatic carboxylic acids is 1. The Kier molecular flexibility index (Phi) is 5.35. The van der Waals surface area contributed by atoms with Gasteiger partial charge in [0.2, 0.25) is 0 Å². The Morgan fingerprint density at radius 1 is 1.20 bits per heavy atom. The number of hydrogen-bond acceptors (Lipinski definition) is 2. The molecule has 0 fully saturated rings. The lowest BCUT2D eigenvalue weighted by atomic mass is 9.84. The molecule has 20 heavy (non-hydrogen) atoms. The third-order valence-electron chi connectivity index (χ3n) is 3.74. The van der Waals surface area contributed by atoms with Gasteiger partial charge in [0.05, 0.1) is 0 Å².